The second-order valence-corrected chi connectivity index (χ2v) is 7.45. The summed E-state index contributed by atoms with van der Waals surface area (Å²) in [6, 6.07) is 7.50. The minimum absolute atomic E-state index is 0.696. The summed E-state index contributed by atoms with van der Waals surface area (Å²) < 4.78 is 1.18. The zero-order chi connectivity index (χ0) is 15.2. The molecule has 21 heavy (non-hydrogen) atoms. The van der Waals surface area contributed by atoms with Gasteiger partial charge in [-0.25, -0.2) is 0 Å². The molecule has 1 N–H and O–H groups in total. The summed E-state index contributed by atoms with van der Waals surface area (Å²) in [5, 5.41) is 3.48. The molecule has 1 aliphatic carbocycles. The second-order valence-electron chi connectivity index (χ2n) is 6.54. The van der Waals surface area contributed by atoms with E-state index >= 15 is 0 Å². The van der Waals surface area contributed by atoms with E-state index in [1.165, 1.54) is 41.4 Å². The van der Waals surface area contributed by atoms with E-state index in [1.807, 2.05) is 0 Å². The van der Waals surface area contributed by atoms with E-state index in [2.05, 4.69) is 65.1 Å². The molecule has 0 heterocycles. The SMILES string of the molecule is CCNCc1cc(Br)ccc1N(CC(C)C)C1CCCC1. The Morgan fingerprint density at radius 1 is 1.29 bits per heavy atom. The molecule has 1 aliphatic rings. The summed E-state index contributed by atoms with van der Waals surface area (Å²) in [6.07, 6.45) is 5.48. The molecule has 1 fully saturated rings. The molecule has 0 spiro atoms. The molecule has 2 rings (SSSR count). The standard InChI is InChI=1S/C18H29BrN2/c1-4-20-12-15-11-16(19)9-10-18(15)21(13-14(2)3)17-7-5-6-8-17/h9-11,14,17,20H,4-8,12-13H2,1-3H3. The van der Waals surface area contributed by atoms with Crippen LogP contribution in [0.4, 0.5) is 5.69 Å². The van der Waals surface area contributed by atoms with Crippen molar-refractivity contribution in [2.75, 3.05) is 18.0 Å². The Bertz CT molecular complexity index is 439. The number of nitrogens with zero attached hydrogens (tertiary/aromatic N) is 1. The highest BCUT2D eigenvalue weighted by Gasteiger charge is 2.25. The average molecular weight is 353 g/mol. The second kappa shape index (κ2) is 8.19. The monoisotopic (exact) mass is 352 g/mol. The summed E-state index contributed by atoms with van der Waals surface area (Å²) in [4.78, 5) is 2.68. The molecule has 1 aromatic rings. The van der Waals surface area contributed by atoms with Crippen LogP contribution in [0, 0.1) is 5.92 Å². The fraction of sp³-hybridized carbons (Fsp3) is 0.667. The van der Waals surface area contributed by atoms with E-state index < -0.39 is 0 Å². The van der Waals surface area contributed by atoms with Crippen LogP contribution < -0.4 is 10.2 Å². The van der Waals surface area contributed by atoms with Crippen molar-refractivity contribution < 1.29 is 0 Å². The summed E-state index contributed by atoms with van der Waals surface area (Å²) in [7, 11) is 0. The summed E-state index contributed by atoms with van der Waals surface area (Å²) in [6.45, 7) is 9.94. The predicted molar refractivity (Wildman–Crippen MR) is 96.0 cm³/mol. The molecular formula is C18H29BrN2. The van der Waals surface area contributed by atoms with Gasteiger partial charge < -0.3 is 10.2 Å². The summed E-state index contributed by atoms with van der Waals surface area (Å²) >= 11 is 3.63. The molecule has 0 aromatic heterocycles. The number of rotatable bonds is 7. The molecule has 1 aromatic carbocycles. The van der Waals surface area contributed by atoms with Crippen LogP contribution in [-0.4, -0.2) is 19.1 Å². The van der Waals surface area contributed by atoms with Gasteiger partial charge in [0.1, 0.15) is 0 Å². The van der Waals surface area contributed by atoms with Crippen LogP contribution in [0.5, 0.6) is 0 Å². The van der Waals surface area contributed by atoms with Gasteiger partial charge in [-0.3, -0.25) is 0 Å². The first-order chi connectivity index (χ1) is 10.1. The van der Waals surface area contributed by atoms with Crippen molar-refractivity contribution in [3.8, 4) is 0 Å². The fourth-order valence-corrected chi connectivity index (χ4v) is 3.70. The Morgan fingerprint density at radius 3 is 2.62 bits per heavy atom. The molecule has 2 nitrogen and oxygen atoms in total. The van der Waals surface area contributed by atoms with Crippen LogP contribution in [0.3, 0.4) is 0 Å². The first-order valence-electron chi connectivity index (χ1n) is 8.37. The van der Waals surface area contributed by atoms with Crippen LogP contribution in [0.2, 0.25) is 0 Å². The Kier molecular flexibility index (Phi) is 6.56. The molecular weight excluding hydrogens is 324 g/mol. The first kappa shape index (κ1) is 16.8. The lowest BCUT2D eigenvalue weighted by molar-refractivity contribution is 0.533. The minimum atomic E-state index is 0.696. The van der Waals surface area contributed by atoms with Crippen molar-refractivity contribution >= 4 is 21.6 Å². The van der Waals surface area contributed by atoms with Crippen molar-refractivity contribution in [3.63, 3.8) is 0 Å². The largest absolute Gasteiger partial charge is 0.368 e. The van der Waals surface area contributed by atoms with Gasteiger partial charge in [0, 0.05) is 29.3 Å². The van der Waals surface area contributed by atoms with Gasteiger partial charge in [-0.15, -0.1) is 0 Å². The maximum Gasteiger partial charge on any atom is 0.0415 e. The number of anilines is 1. The predicted octanol–water partition coefficient (Wildman–Crippen LogP) is 4.96. The quantitative estimate of drug-likeness (QED) is 0.745. The van der Waals surface area contributed by atoms with Gasteiger partial charge in [-0.05, 0) is 49.1 Å². The zero-order valence-corrected chi connectivity index (χ0v) is 15.2. The molecule has 0 amide bonds. The van der Waals surface area contributed by atoms with Crippen LogP contribution in [-0.2, 0) is 6.54 Å². The maximum absolute atomic E-state index is 3.63. The van der Waals surface area contributed by atoms with Gasteiger partial charge in [-0.1, -0.05) is 49.5 Å². The van der Waals surface area contributed by atoms with Crippen molar-refractivity contribution in [1.29, 1.82) is 0 Å². The molecule has 0 saturated heterocycles. The van der Waals surface area contributed by atoms with Crippen molar-refractivity contribution in [1.82, 2.24) is 5.32 Å². The van der Waals surface area contributed by atoms with E-state index in [-0.39, 0.29) is 0 Å². The third kappa shape index (κ3) is 4.72. The van der Waals surface area contributed by atoms with E-state index in [1.54, 1.807) is 0 Å². The normalized spacial score (nSPS) is 15.9. The molecule has 0 radical (unpaired) electrons. The van der Waals surface area contributed by atoms with Gasteiger partial charge in [-0.2, -0.15) is 0 Å². The van der Waals surface area contributed by atoms with Crippen LogP contribution in [0.25, 0.3) is 0 Å². The molecule has 118 valence electrons. The van der Waals surface area contributed by atoms with Gasteiger partial charge >= 0.3 is 0 Å². The highest BCUT2D eigenvalue weighted by molar-refractivity contribution is 9.10. The smallest absolute Gasteiger partial charge is 0.0415 e. The van der Waals surface area contributed by atoms with Crippen molar-refractivity contribution in [3.05, 3.63) is 28.2 Å². The number of hydrogen-bond donors (Lipinski definition) is 1. The third-order valence-corrected chi connectivity index (χ3v) is 4.74. The number of nitrogens with one attached hydrogen (secondary N) is 1. The summed E-state index contributed by atoms with van der Waals surface area (Å²) in [5.41, 5.74) is 2.85. The molecule has 0 unspecified atom stereocenters. The van der Waals surface area contributed by atoms with Crippen LogP contribution in [0.1, 0.15) is 52.0 Å². The Balaban J connectivity index is 2.28. The maximum atomic E-state index is 3.63. The van der Waals surface area contributed by atoms with Gasteiger partial charge in [0.15, 0.2) is 0 Å². The lowest BCUT2D eigenvalue weighted by atomic mass is 10.1. The van der Waals surface area contributed by atoms with E-state index in [0.29, 0.717) is 5.92 Å². The molecule has 3 heteroatoms. The van der Waals surface area contributed by atoms with E-state index in [0.717, 1.165) is 25.7 Å². The molecule has 0 bridgehead atoms. The molecule has 0 atom stereocenters. The Morgan fingerprint density at radius 2 is 2.00 bits per heavy atom. The third-order valence-electron chi connectivity index (χ3n) is 4.24. The average Bonchev–Trinajstić information content (AvgIpc) is 2.97. The minimum Gasteiger partial charge on any atom is -0.368 e. The van der Waals surface area contributed by atoms with E-state index in [9.17, 15) is 0 Å². The van der Waals surface area contributed by atoms with Crippen LogP contribution in [0.15, 0.2) is 22.7 Å². The molecule has 1 saturated carbocycles. The number of benzene rings is 1. The Labute approximate surface area is 138 Å². The van der Waals surface area contributed by atoms with Gasteiger partial charge in [0.05, 0.1) is 0 Å². The highest BCUT2D eigenvalue weighted by Crippen LogP contribution is 2.32. The lowest BCUT2D eigenvalue weighted by Crippen LogP contribution is -2.37. The zero-order valence-electron chi connectivity index (χ0n) is 13.7. The fourth-order valence-electron chi connectivity index (χ4n) is 3.29. The number of halogens is 1. The lowest BCUT2D eigenvalue weighted by Gasteiger charge is -2.34. The molecule has 0 aliphatic heterocycles. The summed E-state index contributed by atoms with van der Waals surface area (Å²) in [5.74, 6) is 0.696. The highest BCUT2D eigenvalue weighted by atomic mass is 79.9. The van der Waals surface area contributed by atoms with Crippen molar-refractivity contribution in [2.45, 2.75) is 59.0 Å². The first-order valence-corrected chi connectivity index (χ1v) is 9.17. The number of hydrogen-bond acceptors (Lipinski definition) is 2. The van der Waals surface area contributed by atoms with Crippen LogP contribution >= 0.6 is 15.9 Å². The topological polar surface area (TPSA) is 15.3 Å². The van der Waals surface area contributed by atoms with Crippen molar-refractivity contribution in [2.24, 2.45) is 5.92 Å². The van der Waals surface area contributed by atoms with Gasteiger partial charge in [0.25, 0.3) is 0 Å². The van der Waals surface area contributed by atoms with E-state index in [4.69, 9.17) is 0 Å². The van der Waals surface area contributed by atoms with Gasteiger partial charge in [0.2, 0.25) is 0 Å². The Hall–Kier alpha value is -0.540.